The minimum absolute atomic E-state index is 0.228. The molecule has 1 amide bonds. The molecule has 1 aromatic rings. The Hall–Kier alpha value is -1.40. The van der Waals surface area contributed by atoms with Gasteiger partial charge in [0.2, 0.25) is 0 Å². The van der Waals surface area contributed by atoms with E-state index >= 15 is 0 Å². The highest BCUT2D eigenvalue weighted by atomic mass is 32.1. The molecule has 21 heavy (non-hydrogen) atoms. The van der Waals surface area contributed by atoms with Gasteiger partial charge in [-0.25, -0.2) is 9.78 Å². The molecule has 116 valence electrons. The summed E-state index contributed by atoms with van der Waals surface area (Å²) in [6, 6.07) is 0. The second-order valence-electron chi connectivity index (χ2n) is 6.12. The molecule has 0 aliphatic carbocycles. The molecule has 6 heteroatoms. The third-order valence-electron chi connectivity index (χ3n) is 3.10. The van der Waals surface area contributed by atoms with Crippen LogP contribution in [0.2, 0.25) is 0 Å². The fourth-order valence-electron chi connectivity index (χ4n) is 2.04. The van der Waals surface area contributed by atoms with Crippen molar-refractivity contribution in [1.29, 1.82) is 0 Å². The largest absolute Gasteiger partial charge is 0.444 e. The molecule has 0 unspecified atom stereocenters. The summed E-state index contributed by atoms with van der Waals surface area (Å²) < 4.78 is 5.38. The Labute approximate surface area is 130 Å². The minimum atomic E-state index is -0.434. The summed E-state index contributed by atoms with van der Waals surface area (Å²) in [6.07, 6.45) is 2.78. The zero-order valence-corrected chi connectivity index (χ0v) is 13.7. The van der Waals surface area contributed by atoms with Gasteiger partial charge in [-0.05, 0) is 27.2 Å². The molecule has 0 saturated carbocycles. The molecule has 0 fully saturated rings. The number of rotatable bonds is 4. The number of nitrogens with zero attached hydrogens (tertiary/aromatic N) is 2. The van der Waals surface area contributed by atoms with E-state index in [-0.39, 0.29) is 6.09 Å². The van der Waals surface area contributed by atoms with Crippen molar-refractivity contribution in [2.45, 2.75) is 39.3 Å². The predicted octanol–water partition coefficient (Wildman–Crippen LogP) is 2.80. The lowest BCUT2D eigenvalue weighted by atomic mass is 10.1. The summed E-state index contributed by atoms with van der Waals surface area (Å²) in [5.41, 5.74) is 3.82. The average molecular weight is 309 g/mol. The normalized spacial score (nSPS) is 15.8. The third kappa shape index (κ3) is 5.47. The van der Waals surface area contributed by atoms with E-state index in [1.54, 1.807) is 16.2 Å². The van der Waals surface area contributed by atoms with Crippen LogP contribution >= 0.6 is 11.3 Å². The predicted molar refractivity (Wildman–Crippen MR) is 84.3 cm³/mol. The molecule has 0 aromatic carbocycles. The summed E-state index contributed by atoms with van der Waals surface area (Å²) in [5, 5.41) is 5.43. The second kappa shape index (κ2) is 7.04. The number of hydrogen-bond donors (Lipinski definition) is 1. The van der Waals surface area contributed by atoms with Gasteiger partial charge in [-0.15, -0.1) is 11.3 Å². The lowest BCUT2D eigenvalue weighted by Crippen LogP contribution is -2.39. The van der Waals surface area contributed by atoms with Crippen molar-refractivity contribution < 1.29 is 9.53 Å². The number of amides is 1. The number of carbonyl (C=O) groups is 1. The topological polar surface area (TPSA) is 54.5 Å². The van der Waals surface area contributed by atoms with Gasteiger partial charge in [0.1, 0.15) is 5.60 Å². The van der Waals surface area contributed by atoms with Crippen LogP contribution in [0.25, 0.3) is 0 Å². The monoisotopic (exact) mass is 309 g/mol. The Morgan fingerprint density at radius 2 is 2.29 bits per heavy atom. The van der Waals surface area contributed by atoms with Crippen molar-refractivity contribution in [3.05, 3.63) is 28.2 Å². The quantitative estimate of drug-likeness (QED) is 0.869. The van der Waals surface area contributed by atoms with Gasteiger partial charge in [-0.2, -0.15) is 0 Å². The van der Waals surface area contributed by atoms with Gasteiger partial charge >= 0.3 is 6.09 Å². The molecule has 1 aliphatic rings. The Morgan fingerprint density at radius 3 is 2.86 bits per heavy atom. The molecular formula is C15H23N3O2S. The van der Waals surface area contributed by atoms with E-state index < -0.39 is 5.60 Å². The fourth-order valence-corrected chi connectivity index (χ4v) is 2.60. The Morgan fingerprint density at radius 1 is 1.48 bits per heavy atom. The van der Waals surface area contributed by atoms with Crippen LogP contribution in [0, 0.1) is 0 Å². The van der Waals surface area contributed by atoms with Crippen LogP contribution in [-0.4, -0.2) is 41.2 Å². The number of hydrogen-bond acceptors (Lipinski definition) is 5. The number of nitrogens with one attached hydrogen (secondary N) is 1. The first-order valence-corrected chi connectivity index (χ1v) is 8.12. The first-order valence-electron chi connectivity index (χ1n) is 7.18. The van der Waals surface area contributed by atoms with Crippen LogP contribution in [0.5, 0.6) is 0 Å². The standard InChI is InChI=1S/C15H23N3O2S/c1-15(2,3)20-14(19)18-6-4-12(5-7-18)8-16-9-13-10-21-11-17-13/h4,10-11,16H,5-9H2,1-3H3. The molecular weight excluding hydrogens is 286 g/mol. The Balaban J connectivity index is 1.73. The number of aromatic nitrogens is 1. The fraction of sp³-hybridized carbons (Fsp3) is 0.600. The van der Waals surface area contributed by atoms with Crippen molar-refractivity contribution in [3.8, 4) is 0 Å². The van der Waals surface area contributed by atoms with Gasteiger partial charge in [0.05, 0.1) is 11.2 Å². The highest BCUT2D eigenvalue weighted by Crippen LogP contribution is 2.15. The van der Waals surface area contributed by atoms with Gasteiger partial charge in [0.25, 0.3) is 0 Å². The maximum Gasteiger partial charge on any atom is 0.410 e. The number of carbonyl (C=O) groups excluding carboxylic acids is 1. The van der Waals surface area contributed by atoms with Crippen molar-refractivity contribution in [2.75, 3.05) is 19.6 Å². The van der Waals surface area contributed by atoms with Crippen LogP contribution in [0.4, 0.5) is 4.79 Å². The average Bonchev–Trinajstić information content (AvgIpc) is 2.91. The Kier molecular flexibility index (Phi) is 5.36. The molecule has 0 radical (unpaired) electrons. The SMILES string of the molecule is CC(C)(C)OC(=O)N1CC=C(CNCc2cscn2)CC1. The van der Waals surface area contributed by atoms with Crippen LogP contribution in [0.3, 0.4) is 0 Å². The van der Waals surface area contributed by atoms with Gasteiger partial charge < -0.3 is 15.0 Å². The highest BCUT2D eigenvalue weighted by molar-refractivity contribution is 7.07. The van der Waals surface area contributed by atoms with Crippen molar-refractivity contribution in [2.24, 2.45) is 0 Å². The van der Waals surface area contributed by atoms with Crippen molar-refractivity contribution >= 4 is 17.4 Å². The molecule has 0 atom stereocenters. The van der Waals surface area contributed by atoms with Crippen LogP contribution in [0.1, 0.15) is 32.9 Å². The molecule has 5 nitrogen and oxygen atoms in total. The summed E-state index contributed by atoms with van der Waals surface area (Å²) >= 11 is 1.61. The maximum absolute atomic E-state index is 11.9. The van der Waals surface area contributed by atoms with E-state index in [1.165, 1.54) is 5.57 Å². The summed E-state index contributed by atoms with van der Waals surface area (Å²) in [7, 11) is 0. The van der Waals surface area contributed by atoms with Crippen LogP contribution in [0.15, 0.2) is 22.5 Å². The van der Waals surface area contributed by atoms with Gasteiger partial charge in [-0.1, -0.05) is 11.6 Å². The molecule has 0 bridgehead atoms. The number of ether oxygens (including phenoxy) is 1. The summed E-state index contributed by atoms with van der Waals surface area (Å²) in [6.45, 7) is 8.65. The Bertz CT molecular complexity index is 492. The van der Waals surface area contributed by atoms with Gasteiger partial charge in [0, 0.05) is 31.6 Å². The van der Waals surface area contributed by atoms with Crippen LogP contribution in [-0.2, 0) is 11.3 Å². The zero-order chi connectivity index (χ0) is 15.3. The van der Waals surface area contributed by atoms with E-state index in [0.717, 1.165) is 31.7 Å². The lowest BCUT2D eigenvalue weighted by Gasteiger charge is -2.29. The first kappa shape index (κ1) is 16.0. The van der Waals surface area contributed by atoms with E-state index in [4.69, 9.17) is 4.74 Å². The van der Waals surface area contributed by atoms with Crippen molar-refractivity contribution in [3.63, 3.8) is 0 Å². The molecule has 1 aliphatic heterocycles. The first-order chi connectivity index (χ1) is 9.94. The summed E-state index contributed by atoms with van der Waals surface area (Å²) in [4.78, 5) is 17.9. The maximum atomic E-state index is 11.9. The highest BCUT2D eigenvalue weighted by Gasteiger charge is 2.23. The molecule has 2 heterocycles. The van der Waals surface area contributed by atoms with E-state index in [1.807, 2.05) is 31.7 Å². The summed E-state index contributed by atoms with van der Waals surface area (Å²) in [5.74, 6) is 0. The molecule has 0 spiro atoms. The molecule has 2 rings (SSSR count). The minimum Gasteiger partial charge on any atom is -0.444 e. The van der Waals surface area contributed by atoms with Gasteiger partial charge in [0.15, 0.2) is 0 Å². The molecule has 1 aromatic heterocycles. The molecule has 1 N–H and O–H groups in total. The lowest BCUT2D eigenvalue weighted by molar-refractivity contribution is 0.0265. The zero-order valence-electron chi connectivity index (χ0n) is 12.9. The third-order valence-corrected chi connectivity index (χ3v) is 3.73. The number of thiazole rings is 1. The van der Waals surface area contributed by atoms with Crippen molar-refractivity contribution in [1.82, 2.24) is 15.2 Å². The van der Waals surface area contributed by atoms with E-state index in [0.29, 0.717) is 6.54 Å². The van der Waals surface area contributed by atoms with Crippen LogP contribution < -0.4 is 5.32 Å². The van der Waals surface area contributed by atoms with E-state index in [2.05, 4.69) is 16.4 Å². The van der Waals surface area contributed by atoms with Gasteiger partial charge in [-0.3, -0.25) is 0 Å². The van der Waals surface area contributed by atoms with E-state index in [9.17, 15) is 4.79 Å². The molecule has 0 saturated heterocycles. The second-order valence-corrected chi connectivity index (χ2v) is 6.84. The smallest absolute Gasteiger partial charge is 0.410 e.